The van der Waals surface area contributed by atoms with Crippen molar-refractivity contribution in [3.05, 3.63) is 23.0 Å². The summed E-state index contributed by atoms with van der Waals surface area (Å²) >= 11 is 2.04. The van der Waals surface area contributed by atoms with Gasteiger partial charge < -0.3 is 5.32 Å². The number of nitrogens with zero attached hydrogens (tertiary/aromatic N) is 2. The quantitative estimate of drug-likeness (QED) is 0.907. The summed E-state index contributed by atoms with van der Waals surface area (Å²) in [5.41, 5.74) is 3.40. The van der Waals surface area contributed by atoms with Crippen LogP contribution >= 0.6 is 11.8 Å². The maximum absolute atomic E-state index is 9.19. The number of hydrogen-bond donors (Lipinski definition) is 1. The van der Waals surface area contributed by atoms with Gasteiger partial charge in [0, 0.05) is 17.5 Å². The molecule has 0 bridgehead atoms. The van der Waals surface area contributed by atoms with Crippen LogP contribution in [-0.2, 0) is 0 Å². The largest absolute Gasteiger partial charge is 0.383 e. The lowest BCUT2D eigenvalue weighted by molar-refractivity contribution is 0.677. The smallest absolute Gasteiger partial charge is 0.103 e. The summed E-state index contributed by atoms with van der Waals surface area (Å²) in [6, 6.07) is 4.22. The first-order valence-electron chi connectivity index (χ1n) is 6.44. The lowest BCUT2D eigenvalue weighted by atomic mass is 10.1. The lowest BCUT2D eigenvalue weighted by Crippen LogP contribution is -2.20. The Kier molecular flexibility index (Phi) is 4.48. The molecule has 0 aromatic carbocycles. The van der Waals surface area contributed by atoms with Crippen LogP contribution in [0.2, 0.25) is 0 Å². The fourth-order valence-electron chi connectivity index (χ4n) is 2.30. The molecule has 0 radical (unpaired) electrons. The third-order valence-electron chi connectivity index (χ3n) is 3.23. The molecular formula is C14H19N3S. The van der Waals surface area contributed by atoms with Crippen LogP contribution in [0.15, 0.2) is 6.07 Å². The molecule has 1 saturated heterocycles. The van der Waals surface area contributed by atoms with Crippen molar-refractivity contribution in [2.75, 3.05) is 17.6 Å². The number of aryl methyl sites for hydroxylation is 2. The van der Waals surface area contributed by atoms with Crippen LogP contribution in [0.5, 0.6) is 0 Å². The topological polar surface area (TPSA) is 48.7 Å². The number of anilines is 1. The van der Waals surface area contributed by atoms with Crippen molar-refractivity contribution in [1.29, 1.82) is 5.26 Å². The molecule has 0 saturated carbocycles. The standard InChI is InChI=1S/C14H19N3S/c1-10-7-14(13(8-15)11(2)17-10)16-9-12-5-3-4-6-18-12/h7,12H,3-6,9H2,1-2H3,(H,16,17). The van der Waals surface area contributed by atoms with E-state index in [1.807, 2.05) is 31.7 Å². The van der Waals surface area contributed by atoms with Crippen molar-refractivity contribution in [2.24, 2.45) is 0 Å². The first-order chi connectivity index (χ1) is 8.70. The summed E-state index contributed by atoms with van der Waals surface area (Å²) in [4.78, 5) is 4.33. The van der Waals surface area contributed by atoms with E-state index < -0.39 is 0 Å². The van der Waals surface area contributed by atoms with E-state index in [4.69, 9.17) is 0 Å². The molecule has 2 heterocycles. The first-order valence-corrected chi connectivity index (χ1v) is 7.49. The molecule has 0 spiro atoms. The van der Waals surface area contributed by atoms with Crippen molar-refractivity contribution in [1.82, 2.24) is 4.98 Å². The Balaban J connectivity index is 2.06. The number of hydrogen-bond acceptors (Lipinski definition) is 4. The highest BCUT2D eigenvalue weighted by atomic mass is 32.2. The van der Waals surface area contributed by atoms with Crippen LogP contribution in [0.25, 0.3) is 0 Å². The second kappa shape index (κ2) is 6.10. The van der Waals surface area contributed by atoms with Gasteiger partial charge in [-0.15, -0.1) is 0 Å². The third kappa shape index (κ3) is 3.17. The Morgan fingerprint density at radius 2 is 2.33 bits per heavy atom. The van der Waals surface area contributed by atoms with E-state index in [0.717, 1.165) is 23.6 Å². The summed E-state index contributed by atoms with van der Waals surface area (Å²) < 4.78 is 0. The van der Waals surface area contributed by atoms with Gasteiger partial charge in [-0.1, -0.05) is 6.42 Å². The Hall–Kier alpha value is -1.21. The van der Waals surface area contributed by atoms with Gasteiger partial charge in [0.2, 0.25) is 0 Å². The summed E-state index contributed by atoms with van der Waals surface area (Å²) in [6.45, 7) is 4.81. The minimum atomic E-state index is 0.680. The highest BCUT2D eigenvalue weighted by molar-refractivity contribution is 7.99. The molecule has 1 N–H and O–H groups in total. The van der Waals surface area contributed by atoms with Gasteiger partial charge in [0.05, 0.1) is 16.9 Å². The third-order valence-corrected chi connectivity index (χ3v) is 4.63. The van der Waals surface area contributed by atoms with Crippen LogP contribution in [-0.4, -0.2) is 22.5 Å². The second-order valence-electron chi connectivity index (χ2n) is 4.75. The van der Waals surface area contributed by atoms with Crippen molar-refractivity contribution in [3.63, 3.8) is 0 Å². The zero-order chi connectivity index (χ0) is 13.0. The van der Waals surface area contributed by atoms with Crippen LogP contribution in [0.4, 0.5) is 5.69 Å². The van der Waals surface area contributed by atoms with Crippen molar-refractivity contribution in [2.45, 2.75) is 38.4 Å². The van der Waals surface area contributed by atoms with Gasteiger partial charge in [0.15, 0.2) is 0 Å². The van der Waals surface area contributed by atoms with Crippen LogP contribution in [0.1, 0.15) is 36.2 Å². The molecule has 1 aliphatic heterocycles. The highest BCUT2D eigenvalue weighted by Gasteiger charge is 2.15. The van der Waals surface area contributed by atoms with Gasteiger partial charge in [-0.05, 0) is 38.5 Å². The van der Waals surface area contributed by atoms with Crippen molar-refractivity contribution >= 4 is 17.4 Å². The van der Waals surface area contributed by atoms with Gasteiger partial charge >= 0.3 is 0 Å². The summed E-state index contributed by atoms with van der Waals surface area (Å²) in [5.74, 6) is 1.27. The summed E-state index contributed by atoms with van der Waals surface area (Å²) in [6.07, 6.45) is 3.96. The maximum Gasteiger partial charge on any atom is 0.103 e. The fourth-order valence-corrected chi connectivity index (χ4v) is 3.54. The fraction of sp³-hybridized carbons (Fsp3) is 0.571. The van der Waals surface area contributed by atoms with Gasteiger partial charge in [-0.25, -0.2) is 0 Å². The van der Waals surface area contributed by atoms with E-state index in [9.17, 15) is 5.26 Å². The Morgan fingerprint density at radius 1 is 1.50 bits per heavy atom. The molecule has 2 rings (SSSR count). The number of rotatable bonds is 3. The van der Waals surface area contributed by atoms with Crippen molar-refractivity contribution in [3.8, 4) is 6.07 Å². The minimum Gasteiger partial charge on any atom is -0.383 e. The van der Waals surface area contributed by atoms with Crippen molar-refractivity contribution < 1.29 is 0 Å². The van der Waals surface area contributed by atoms with E-state index in [1.54, 1.807) is 0 Å². The molecule has 1 atom stereocenters. The zero-order valence-electron chi connectivity index (χ0n) is 11.0. The molecule has 1 aromatic rings. The van der Waals surface area contributed by atoms with E-state index in [2.05, 4.69) is 16.4 Å². The molecule has 18 heavy (non-hydrogen) atoms. The van der Waals surface area contributed by atoms with E-state index in [0.29, 0.717) is 10.8 Å². The first kappa shape index (κ1) is 13.2. The molecule has 3 nitrogen and oxygen atoms in total. The predicted octanol–water partition coefficient (Wildman–Crippen LogP) is 3.27. The molecule has 0 amide bonds. The van der Waals surface area contributed by atoms with Crippen LogP contribution < -0.4 is 5.32 Å². The maximum atomic E-state index is 9.19. The normalized spacial score (nSPS) is 19.3. The van der Waals surface area contributed by atoms with E-state index in [-0.39, 0.29) is 0 Å². The average Bonchev–Trinajstić information content (AvgIpc) is 2.37. The zero-order valence-corrected chi connectivity index (χ0v) is 11.8. The monoisotopic (exact) mass is 261 g/mol. The van der Waals surface area contributed by atoms with E-state index >= 15 is 0 Å². The van der Waals surface area contributed by atoms with E-state index in [1.165, 1.54) is 25.0 Å². The Labute approximate surface area is 113 Å². The number of nitriles is 1. The summed E-state index contributed by atoms with van der Waals surface area (Å²) in [7, 11) is 0. The van der Waals surface area contributed by atoms with Gasteiger partial charge in [-0.2, -0.15) is 17.0 Å². The number of thioether (sulfide) groups is 1. The van der Waals surface area contributed by atoms with Gasteiger partial charge in [0.1, 0.15) is 6.07 Å². The SMILES string of the molecule is Cc1cc(NCC2CCCCS2)c(C#N)c(C)n1. The minimum absolute atomic E-state index is 0.680. The molecule has 1 aromatic heterocycles. The Morgan fingerprint density at radius 3 is 3.00 bits per heavy atom. The Bertz CT molecular complexity index is 459. The molecule has 96 valence electrons. The van der Waals surface area contributed by atoms with Crippen LogP contribution in [0, 0.1) is 25.2 Å². The summed E-state index contributed by atoms with van der Waals surface area (Å²) in [5, 5.41) is 13.3. The van der Waals surface area contributed by atoms with Gasteiger partial charge in [-0.3, -0.25) is 4.98 Å². The highest BCUT2D eigenvalue weighted by Crippen LogP contribution is 2.26. The molecule has 1 aliphatic rings. The number of pyridine rings is 1. The molecule has 0 aliphatic carbocycles. The molecular weight excluding hydrogens is 242 g/mol. The van der Waals surface area contributed by atoms with Crippen LogP contribution in [0.3, 0.4) is 0 Å². The second-order valence-corrected chi connectivity index (χ2v) is 6.16. The lowest BCUT2D eigenvalue weighted by Gasteiger charge is -2.22. The molecule has 4 heteroatoms. The number of nitrogens with one attached hydrogen (secondary N) is 1. The molecule has 1 unspecified atom stereocenters. The average molecular weight is 261 g/mol. The molecule has 1 fully saturated rings. The number of aromatic nitrogens is 1. The predicted molar refractivity (Wildman–Crippen MR) is 77.0 cm³/mol. The van der Waals surface area contributed by atoms with Gasteiger partial charge in [0.25, 0.3) is 0 Å².